The van der Waals surface area contributed by atoms with Crippen LogP contribution in [-0.2, 0) is 0 Å². The van der Waals surface area contributed by atoms with Gasteiger partial charge in [-0.3, -0.25) is 4.79 Å². The van der Waals surface area contributed by atoms with Crippen molar-refractivity contribution in [2.45, 2.75) is 39.0 Å². The number of ketones is 1. The summed E-state index contributed by atoms with van der Waals surface area (Å²) in [4.78, 5) is 12.0. The largest absolute Gasteiger partial charge is 0.294 e. The van der Waals surface area contributed by atoms with E-state index in [2.05, 4.69) is 13.5 Å². The first kappa shape index (κ1) is 13.7. The third-order valence-corrected chi connectivity index (χ3v) is 3.17. The van der Waals surface area contributed by atoms with Crippen LogP contribution in [0.3, 0.4) is 0 Å². The summed E-state index contributed by atoms with van der Waals surface area (Å²) >= 11 is 0. The molecule has 1 atom stereocenters. The van der Waals surface area contributed by atoms with Gasteiger partial charge in [-0.15, -0.1) is 6.58 Å². The van der Waals surface area contributed by atoms with Crippen molar-refractivity contribution in [2.24, 2.45) is 5.92 Å². The lowest BCUT2D eigenvalue weighted by molar-refractivity contribution is 0.0957. The summed E-state index contributed by atoms with van der Waals surface area (Å²) in [5.41, 5.74) is 0.842. The van der Waals surface area contributed by atoms with E-state index in [4.69, 9.17) is 0 Å². The molecule has 1 aromatic carbocycles. The third-order valence-electron chi connectivity index (χ3n) is 3.17. The van der Waals surface area contributed by atoms with Crippen LogP contribution < -0.4 is 0 Å². The van der Waals surface area contributed by atoms with E-state index in [0.717, 1.165) is 31.2 Å². The van der Waals surface area contributed by atoms with Crippen molar-refractivity contribution >= 4 is 5.78 Å². The van der Waals surface area contributed by atoms with Crippen molar-refractivity contribution in [1.82, 2.24) is 0 Å². The predicted octanol–water partition coefficient (Wildman–Crippen LogP) is 4.64. The highest BCUT2D eigenvalue weighted by molar-refractivity contribution is 5.96. The average molecular weight is 230 g/mol. The smallest absolute Gasteiger partial charge is 0.163 e. The minimum atomic E-state index is 0.274. The molecule has 0 N–H and O–H groups in total. The Bertz CT molecular complexity index is 340. The fourth-order valence-electron chi connectivity index (χ4n) is 2.01. The first-order valence-electron chi connectivity index (χ1n) is 6.47. The molecule has 0 spiro atoms. The quantitative estimate of drug-likeness (QED) is 0.361. The van der Waals surface area contributed by atoms with Gasteiger partial charge in [0.15, 0.2) is 5.78 Å². The van der Waals surface area contributed by atoms with Crippen LogP contribution in [0.25, 0.3) is 0 Å². The van der Waals surface area contributed by atoms with Crippen LogP contribution >= 0.6 is 0 Å². The molecule has 0 aliphatic rings. The summed E-state index contributed by atoms with van der Waals surface area (Å²) in [7, 11) is 0. The van der Waals surface area contributed by atoms with Crippen LogP contribution in [0.1, 0.15) is 49.4 Å². The Morgan fingerprint density at radius 2 is 2.06 bits per heavy atom. The summed E-state index contributed by atoms with van der Waals surface area (Å²) in [5.74, 6) is 0.790. The standard InChI is InChI=1S/C16H22O/c1-3-5-7-10-14(4-2)13-16(17)15-11-8-6-9-12-15/h3,6,8-9,11-12,14H,1,4-5,7,10,13H2,2H3. The Balaban J connectivity index is 2.45. The number of allylic oxidation sites excluding steroid dienone is 1. The lowest BCUT2D eigenvalue weighted by Crippen LogP contribution is -2.08. The fraction of sp³-hybridized carbons (Fsp3) is 0.438. The lowest BCUT2D eigenvalue weighted by atomic mass is 9.91. The van der Waals surface area contributed by atoms with E-state index >= 15 is 0 Å². The zero-order valence-corrected chi connectivity index (χ0v) is 10.7. The predicted molar refractivity (Wildman–Crippen MR) is 73.2 cm³/mol. The van der Waals surface area contributed by atoms with Crippen molar-refractivity contribution in [3.05, 3.63) is 48.6 Å². The van der Waals surface area contributed by atoms with Gasteiger partial charge in [0, 0.05) is 12.0 Å². The van der Waals surface area contributed by atoms with Gasteiger partial charge in [0.25, 0.3) is 0 Å². The molecule has 0 radical (unpaired) electrons. The number of hydrogen-bond acceptors (Lipinski definition) is 1. The summed E-state index contributed by atoms with van der Waals surface area (Å²) in [5, 5.41) is 0. The molecule has 1 heteroatoms. The van der Waals surface area contributed by atoms with Gasteiger partial charge < -0.3 is 0 Å². The molecule has 0 aliphatic carbocycles. The minimum Gasteiger partial charge on any atom is -0.294 e. The zero-order valence-electron chi connectivity index (χ0n) is 10.7. The molecular weight excluding hydrogens is 208 g/mol. The third kappa shape index (κ3) is 4.99. The molecule has 0 saturated carbocycles. The molecule has 0 aliphatic heterocycles. The molecule has 0 fully saturated rings. The van der Waals surface area contributed by atoms with Crippen LogP contribution in [0.4, 0.5) is 0 Å². The van der Waals surface area contributed by atoms with Gasteiger partial charge in [-0.25, -0.2) is 0 Å². The Morgan fingerprint density at radius 1 is 1.35 bits per heavy atom. The highest BCUT2D eigenvalue weighted by Gasteiger charge is 2.12. The molecule has 1 rings (SSSR count). The maximum absolute atomic E-state index is 12.0. The second-order valence-electron chi connectivity index (χ2n) is 4.49. The van der Waals surface area contributed by atoms with Crippen LogP contribution in [0.15, 0.2) is 43.0 Å². The Kier molecular flexibility index (Phi) is 6.31. The van der Waals surface area contributed by atoms with Gasteiger partial charge in [-0.05, 0) is 25.2 Å². The molecule has 0 saturated heterocycles. The van der Waals surface area contributed by atoms with Gasteiger partial charge in [0.2, 0.25) is 0 Å². The van der Waals surface area contributed by atoms with Crippen LogP contribution in [0.5, 0.6) is 0 Å². The highest BCUT2D eigenvalue weighted by atomic mass is 16.1. The first-order valence-corrected chi connectivity index (χ1v) is 6.47. The van der Waals surface area contributed by atoms with Crippen LogP contribution in [0, 0.1) is 5.92 Å². The second kappa shape index (κ2) is 7.83. The Hall–Kier alpha value is -1.37. The maximum Gasteiger partial charge on any atom is 0.163 e. The molecule has 1 unspecified atom stereocenters. The molecule has 17 heavy (non-hydrogen) atoms. The minimum absolute atomic E-state index is 0.274. The van der Waals surface area contributed by atoms with Crippen molar-refractivity contribution in [3.8, 4) is 0 Å². The maximum atomic E-state index is 12.0. The van der Waals surface area contributed by atoms with E-state index in [1.165, 1.54) is 0 Å². The molecule has 1 aromatic rings. The number of rotatable bonds is 8. The molecule has 0 bridgehead atoms. The zero-order chi connectivity index (χ0) is 12.5. The van der Waals surface area contributed by atoms with Crippen LogP contribution in [0.2, 0.25) is 0 Å². The number of carbonyl (C=O) groups excluding carboxylic acids is 1. The molecule has 1 nitrogen and oxygen atoms in total. The lowest BCUT2D eigenvalue weighted by Gasteiger charge is -2.13. The van der Waals surface area contributed by atoms with Gasteiger partial charge in [-0.1, -0.05) is 49.8 Å². The Labute approximate surface area is 105 Å². The van der Waals surface area contributed by atoms with Gasteiger partial charge in [-0.2, -0.15) is 0 Å². The van der Waals surface area contributed by atoms with Crippen molar-refractivity contribution in [3.63, 3.8) is 0 Å². The Morgan fingerprint density at radius 3 is 2.65 bits per heavy atom. The number of benzene rings is 1. The van der Waals surface area contributed by atoms with Crippen LogP contribution in [-0.4, -0.2) is 5.78 Å². The summed E-state index contributed by atoms with van der Waals surface area (Å²) in [6, 6.07) is 9.59. The van der Waals surface area contributed by atoms with Crippen molar-refractivity contribution < 1.29 is 4.79 Å². The second-order valence-corrected chi connectivity index (χ2v) is 4.49. The molecular formula is C16H22O. The topological polar surface area (TPSA) is 17.1 Å². The van der Waals surface area contributed by atoms with E-state index in [-0.39, 0.29) is 5.78 Å². The highest BCUT2D eigenvalue weighted by Crippen LogP contribution is 2.19. The number of carbonyl (C=O) groups is 1. The summed E-state index contributed by atoms with van der Waals surface area (Å²) < 4.78 is 0. The van der Waals surface area contributed by atoms with Gasteiger partial charge in [0.05, 0.1) is 0 Å². The number of Topliss-reactive ketones (excluding diaryl/α,β-unsaturated/α-hetero) is 1. The number of unbranched alkanes of at least 4 members (excludes halogenated alkanes) is 1. The summed E-state index contributed by atoms with van der Waals surface area (Å²) in [6.07, 6.45) is 7.03. The van der Waals surface area contributed by atoms with E-state index < -0.39 is 0 Å². The SMILES string of the molecule is C=CCCCC(CC)CC(=O)c1ccccc1. The van der Waals surface area contributed by atoms with E-state index in [1.54, 1.807) is 0 Å². The van der Waals surface area contributed by atoms with E-state index in [9.17, 15) is 4.79 Å². The normalized spacial score (nSPS) is 12.1. The first-order chi connectivity index (χ1) is 8.27. The molecule has 0 aromatic heterocycles. The van der Waals surface area contributed by atoms with E-state index in [0.29, 0.717) is 12.3 Å². The van der Waals surface area contributed by atoms with Crippen molar-refractivity contribution in [2.75, 3.05) is 0 Å². The molecule has 0 amide bonds. The van der Waals surface area contributed by atoms with E-state index in [1.807, 2.05) is 36.4 Å². The number of hydrogen-bond donors (Lipinski definition) is 0. The monoisotopic (exact) mass is 230 g/mol. The van der Waals surface area contributed by atoms with Gasteiger partial charge >= 0.3 is 0 Å². The average Bonchev–Trinajstić information content (AvgIpc) is 2.38. The fourth-order valence-corrected chi connectivity index (χ4v) is 2.01. The molecule has 0 heterocycles. The molecule has 92 valence electrons. The van der Waals surface area contributed by atoms with Crippen molar-refractivity contribution in [1.29, 1.82) is 0 Å². The van der Waals surface area contributed by atoms with Gasteiger partial charge in [0.1, 0.15) is 0 Å². The summed E-state index contributed by atoms with van der Waals surface area (Å²) in [6.45, 7) is 5.89.